The number of rotatable bonds is 6. The third kappa shape index (κ3) is 9.43. The number of hydrogen-bond donors (Lipinski definition) is 5. The molecule has 2 aromatic carbocycles. The van der Waals surface area contributed by atoms with Crippen molar-refractivity contribution in [3.63, 3.8) is 0 Å². The number of aliphatic imine (C=N–C) groups is 1. The summed E-state index contributed by atoms with van der Waals surface area (Å²) in [5.74, 6) is 0.124. The van der Waals surface area contributed by atoms with Gasteiger partial charge in [0.05, 0.1) is 0 Å². The second-order valence-corrected chi connectivity index (χ2v) is 10.3. The molecule has 0 aliphatic rings. The fourth-order valence-electron chi connectivity index (χ4n) is 3.31. The second-order valence-electron chi connectivity index (χ2n) is 10.3. The summed E-state index contributed by atoms with van der Waals surface area (Å²) in [6.45, 7) is 14.5. The van der Waals surface area contributed by atoms with Crippen LogP contribution in [0.5, 0.6) is 17.2 Å². The molecule has 0 atom stereocenters. The van der Waals surface area contributed by atoms with Crippen LogP contribution in [-0.2, 0) is 31.9 Å². The van der Waals surface area contributed by atoms with Crippen LogP contribution in [0, 0.1) is 0 Å². The number of fused-ring (bicyclic) bond motifs is 1. The van der Waals surface area contributed by atoms with E-state index in [1.165, 1.54) is 17.7 Å². The number of aliphatic hydroxyl groups is 1. The van der Waals surface area contributed by atoms with Crippen LogP contribution in [0.3, 0.4) is 0 Å². The van der Waals surface area contributed by atoms with Gasteiger partial charge in [-0.2, -0.15) is 0 Å². The molecule has 0 saturated heterocycles. The maximum absolute atomic E-state index is 10.6. The SMILES string of the molecule is CC(C)(C)c1cc(C=NCC[N-]CCO)c(O)c(C(C)(C)C)c1.Oc1cc2cc[nH]c2cc1O.[O]=[V]. The summed E-state index contributed by atoms with van der Waals surface area (Å²) in [4.78, 5) is 7.28. The number of nitrogens with one attached hydrogen (secondary N) is 1. The Morgan fingerprint density at radius 3 is 2.17 bits per heavy atom. The van der Waals surface area contributed by atoms with Crippen molar-refractivity contribution in [1.29, 1.82) is 0 Å². The Labute approximate surface area is 222 Å². The number of aliphatic hydroxyl groups excluding tert-OH is 1. The van der Waals surface area contributed by atoms with Crippen molar-refractivity contribution >= 4 is 17.1 Å². The third-order valence-corrected chi connectivity index (χ3v) is 5.34. The second kappa shape index (κ2) is 14.2. The monoisotopic (exact) mass is 535 g/mol. The maximum atomic E-state index is 10.6. The summed E-state index contributed by atoms with van der Waals surface area (Å²) < 4.78 is 8.19. The van der Waals surface area contributed by atoms with Crippen molar-refractivity contribution in [3.8, 4) is 17.2 Å². The zero-order valence-electron chi connectivity index (χ0n) is 21.9. The Hall–Kier alpha value is -2.65. The van der Waals surface area contributed by atoms with Gasteiger partial charge in [0.1, 0.15) is 5.75 Å². The number of benzene rings is 2. The van der Waals surface area contributed by atoms with Gasteiger partial charge in [-0.05, 0) is 34.6 Å². The van der Waals surface area contributed by atoms with Gasteiger partial charge in [0.15, 0.2) is 11.5 Å². The molecule has 1 heterocycles. The number of phenols is 3. The molecule has 3 aromatic rings. The first kappa shape index (κ1) is 31.4. The summed E-state index contributed by atoms with van der Waals surface area (Å²) in [6, 6.07) is 8.95. The van der Waals surface area contributed by atoms with Crippen LogP contribution >= 0.6 is 0 Å². The van der Waals surface area contributed by atoms with E-state index in [9.17, 15) is 5.11 Å². The molecule has 197 valence electrons. The molecule has 9 heteroatoms. The molecule has 0 bridgehead atoms. The Morgan fingerprint density at radius 1 is 0.944 bits per heavy atom. The van der Waals surface area contributed by atoms with Gasteiger partial charge in [-0.3, -0.25) is 4.99 Å². The quantitative estimate of drug-likeness (QED) is 0.167. The van der Waals surface area contributed by atoms with Gasteiger partial charge in [0, 0.05) is 53.7 Å². The number of aromatic nitrogens is 1. The van der Waals surface area contributed by atoms with E-state index in [0.717, 1.165) is 39.4 Å². The van der Waals surface area contributed by atoms with Crippen molar-refractivity contribution < 1.29 is 41.5 Å². The first-order valence-corrected chi connectivity index (χ1v) is 12.2. The van der Waals surface area contributed by atoms with Crippen molar-refractivity contribution in [1.82, 2.24) is 4.98 Å². The van der Waals surface area contributed by atoms with Gasteiger partial charge in [0.25, 0.3) is 0 Å². The Kier molecular flexibility index (Phi) is 12.4. The summed E-state index contributed by atoms with van der Waals surface area (Å²) in [5.41, 5.74) is 3.57. The average Bonchev–Trinajstić information content (AvgIpc) is 3.24. The fraction of sp³-hybridized carbons (Fsp3) is 0.444. The molecule has 3 rings (SSSR count). The normalized spacial score (nSPS) is 11.6. The molecule has 5 N–H and O–H groups in total. The summed E-state index contributed by atoms with van der Waals surface area (Å²) in [5, 5.41) is 42.5. The molecule has 0 saturated carbocycles. The van der Waals surface area contributed by atoms with E-state index in [2.05, 4.69) is 62.9 Å². The summed E-state index contributed by atoms with van der Waals surface area (Å²) >= 11 is 1.06. The Bertz CT molecular complexity index is 1090. The van der Waals surface area contributed by atoms with E-state index in [4.69, 9.17) is 19.0 Å². The summed E-state index contributed by atoms with van der Waals surface area (Å²) in [6.07, 6.45) is 3.48. The van der Waals surface area contributed by atoms with Crippen LogP contribution in [0.2, 0.25) is 0 Å². The van der Waals surface area contributed by atoms with Crippen molar-refractivity contribution in [2.75, 3.05) is 26.2 Å². The molecule has 0 unspecified atom stereocenters. The number of aromatic amines is 1. The van der Waals surface area contributed by atoms with Crippen LogP contribution in [0.25, 0.3) is 16.2 Å². The molecule has 0 fully saturated rings. The molecule has 36 heavy (non-hydrogen) atoms. The number of nitrogens with zero attached hydrogens (tertiary/aromatic N) is 2. The van der Waals surface area contributed by atoms with Gasteiger partial charge in [-0.25, -0.2) is 0 Å². The summed E-state index contributed by atoms with van der Waals surface area (Å²) in [7, 11) is 0. The zero-order chi connectivity index (χ0) is 27.5. The van der Waals surface area contributed by atoms with Gasteiger partial charge in [-0.15, -0.1) is 13.1 Å². The zero-order valence-corrected chi connectivity index (χ0v) is 23.3. The van der Waals surface area contributed by atoms with Crippen molar-refractivity contribution in [3.05, 3.63) is 58.5 Å². The first-order chi connectivity index (χ1) is 16.8. The van der Waals surface area contributed by atoms with Crippen molar-refractivity contribution in [2.24, 2.45) is 4.99 Å². The van der Waals surface area contributed by atoms with Gasteiger partial charge < -0.3 is 30.7 Å². The number of aromatic hydroxyl groups is 3. The molecule has 1 aromatic heterocycles. The predicted octanol–water partition coefficient (Wildman–Crippen LogP) is 5.23. The first-order valence-electron chi connectivity index (χ1n) is 11.6. The van der Waals surface area contributed by atoms with Gasteiger partial charge in [-0.1, -0.05) is 47.6 Å². The van der Waals surface area contributed by atoms with Crippen LogP contribution in [0.1, 0.15) is 58.2 Å². The van der Waals surface area contributed by atoms with E-state index in [-0.39, 0.29) is 28.9 Å². The number of hydrogen-bond acceptors (Lipinski definition) is 6. The Morgan fingerprint density at radius 2 is 1.58 bits per heavy atom. The predicted molar refractivity (Wildman–Crippen MR) is 140 cm³/mol. The standard InChI is InChI=1S/C19H31N2O2.C8H7NO2.O.V/c1-18(2,3)15-11-14(13-21-8-7-20-9-10-22)17(23)16(12-15)19(4,5)6;10-7-3-5-1-2-9-6(5)4-8(7)11;;/h11-13,22-23H,7-10H2,1-6H3;1-4,9-11H;;/q-1;;;. The van der Waals surface area contributed by atoms with E-state index < -0.39 is 0 Å². The van der Waals surface area contributed by atoms with Crippen LogP contribution in [0.4, 0.5) is 0 Å². The molecule has 0 spiro atoms. The van der Waals surface area contributed by atoms with E-state index in [1.54, 1.807) is 12.4 Å². The molecule has 0 amide bonds. The van der Waals surface area contributed by atoms with Gasteiger partial charge >= 0.3 is 21.0 Å². The van der Waals surface area contributed by atoms with E-state index in [0.29, 0.717) is 25.4 Å². The Balaban J connectivity index is 0.000000410. The van der Waals surface area contributed by atoms with Crippen molar-refractivity contribution in [2.45, 2.75) is 52.4 Å². The third-order valence-electron chi connectivity index (χ3n) is 5.34. The molecule has 0 aliphatic carbocycles. The molecule has 0 aliphatic heterocycles. The number of phenolic OH excluding ortho intramolecular Hbond substituents is 3. The molecule has 0 radical (unpaired) electrons. The molecular formula is C27H38N3O5V-. The average molecular weight is 536 g/mol. The number of H-pyrrole nitrogens is 1. The molecule has 8 nitrogen and oxygen atoms in total. The van der Waals surface area contributed by atoms with Crippen LogP contribution in [-0.4, -0.2) is 57.9 Å². The van der Waals surface area contributed by atoms with Crippen LogP contribution in [0.15, 0.2) is 41.5 Å². The molecular weight excluding hydrogens is 497 g/mol. The van der Waals surface area contributed by atoms with E-state index >= 15 is 0 Å². The minimum absolute atomic E-state index is 0.00670. The minimum atomic E-state index is -0.135. The van der Waals surface area contributed by atoms with Gasteiger partial charge in [0.2, 0.25) is 0 Å². The topological polar surface area (TPSA) is 140 Å². The van der Waals surface area contributed by atoms with Crippen LogP contribution < -0.4 is 0 Å². The fourth-order valence-corrected chi connectivity index (χ4v) is 3.31. The van der Waals surface area contributed by atoms with E-state index in [1.807, 2.05) is 12.1 Å².